The largest absolute Gasteiger partial charge is 0.496 e. The molecule has 3 aromatic carbocycles. The molecule has 5 rings (SSSR count). The minimum atomic E-state index is -4.47. The number of methoxy groups -OCH3 is 2. The van der Waals surface area contributed by atoms with Crippen LogP contribution in [0.25, 0.3) is 11.1 Å². The van der Waals surface area contributed by atoms with Gasteiger partial charge < -0.3 is 25.2 Å². The third kappa shape index (κ3) is 7.41. The molecule has 3 aromatic rings. The monoisotopic (exact) mass is 660 g/mol. The van der Waals surface area contributed by atoms with Crippen LogP contribution in [0.5, 0.6) is 11.5 Å². The van der Waals surface area contributed by atoms with E-state index in [1.54, 1.807) is 18.2 Å². The van der Waals surface area contributed by atoms with Gasteiger partial charge in [0.25, 0.3) is 5.91 Å². The number of aliphatic carboxylic acids is 1. The number of carbonyl (C=O) groups is 3. The van der Waals surface area contributed by atoms with Crippen LogP contribution in [0.2, 0.25) is 0 Å². The molecule has 46 heavy (non-hydrogen) atoms. The summed E-state index contributed by atoms with van der Waals surface area (Å²) in [5.74, 6) is -2.83. The molecular formula is C33H32F4N2O6S. The Labute approximate surface area is 266 Å². The lowest BCUT2D eigenvalue weighted by molar-refractivity contribution is -0.137. The van der Waals surface area contributed by atoms with Crippen LogP contribution < -0.4 is 20.1 Å². The average molecular weight is 661 g/mol. The molecular weight excluding hydrogens is 628 g/mol. The maximum atomic E-state index is 15.3. The number of halogens is 4. The fourth-order valence-electron chi connectivity index (χ4n) is 6.58. The third-order valence-corrected chi connectivity index (χ3v) is 9.31. The topological polar surface area (TPSA) is 114 Å². The van der Waals surface area contributed by atoms with Gasteiger partial charge in [0.1, 0.15) is 17.3 Å². The van der Waals surface area contributed by atoms with Gasteiger partial charge in [-0.2, -0.15) is 13.2 Å². The molecule has 0 heterocycles. The van der Waals surface area contributed by atoms with Crippen LogP contribution >= 0.6 is 11.8 Å². The summed E-state index contributed by atoms with van der Waals surface area (Å²) in [4.78, 5) is 38.2. The van der Waals surface area contributed by atoms with Crippen molar-refractivity contribution in [2.24, 2.45) is 17.8 Å². The second kappa shape index (κ2) is 13.6. The van der Waals surface area contributed by atoms with Gasteiger partial charge in [0.05, 0.1) is 25.7 Å². The molecule has 4 unspecified atom stereocenters. The fraction of sp³-hybridized carbons (Fsp3) is 0.364. The lowest BCUT2D eigenvalue weighted by Gasteiger charge is -2.31. The van der Waals surface area contributed by atoms with Crippen molar-refractivity contribution in [1.29, 1.82) is 0 Å². The van der Waals surface area contributed by atoms with Crippen molar-refractivity contribution >= 4 is 35.2 Å². The molecule has 2 aliphatic rings. The normalized spacial score (nSPS) is 20.3. The number of hydrogen-bond donors (Lipinski definition) is 3. The highest BCUT2D eigenvalue weighted by molar-refractivity contribution is 8.00. The summed E-state index contributed by atoms with van der Waals surface area (Å²) in [5.41, 5.74) is -3.08. The fourth-order valence-corrected chi connectivity index (χ4v) is 7.18. The van der Waals surface area contributed by atoms with Gasteiger partial charge in [-0.1, -0.05) is 18.2 Å². The first-order valence-electron chi connectivity index (χ1n) is 14.6. The van der Waals surface area contributed by atoms with Crippen LogP contribution in [0.3, 0.4) is 0 Å². The Bertz CT molecular complexity index is 1650. The molecule has 2 saturated carbocycles. The van der Waals surface area contributed by atoms with Gasteiger partial charge in [-0.05, 0) is 90.7 Å². The standard InChI is InChI=1S/C33H32F4N2O6S/c1-44-26-13-18(7-6-17(26)10-11-28(40)41)23-15-24(27(45-2)16-25(23)34)31(42)39-30-20-9-8-19(12-20)29(30)32(43)38-21-4-3-5-22(14-21)46-33(35,36)37/h3-7,13-16,19-20,29-30H,8-12H2,1-2H3,(H,38,43)(H,39,42)(H,40,41). The predicted molar refractivity (Wildman–Crippen MR) is 163 cm³/mol. The predicted octanol–water partition coefficient (Wildman–Crippen LogP) is 6.92. The summed E-state index contributed by atoms with van der Waals surface area (Å²) in [5, 5.41) is 14.8. The van der Waals surface area contributed by atoms with Crippen LogP contribution in [0.4, 0.5) is 23.2 Å². The average Bonchev–Trinajstić information content (AvgIpc) is 3.61. The van der Waals surface area contributed by atoms with Crippen LogP contribution in [0.15, 0.2) is 59.5 Å². The number of nitrogens with one attached hydrogen (secondary N) is 2. The SMILES string of the molecule is COc1cc(-c2cc(C(=O)NC3C4CCC(C4)C3C(=O)Nc3cccc(SC(F)(F)F)c3)c(OC)cc2F)ccc1CCC(=O)O. The van der Waals surface area contributed by atoms with E-state index in [2.05, 4.69) is 10.6 Å². The lowest BCUT2D eigenvalue weighted by Crippen LogP contribution is -2.48. The van der Waals surface area contributed by atoms with Crippen LogP contribution in [0, 0.1) is 23.6 Å². The first kappa shape index (κ1) is 33.1. The van der Waals surface area contributed by atoms with E-state index in [9.17, 15) is 27.6 Å². The molecule has 244 valence electrons. The van der Waals surface area contributed by atoms with E-state index < -0.39 is 41.1 Å². The molecule has 0 radical (unpaired) electrons. The van der Waals surface area contributed by atoms with E-state index in [0.29, 0.717) is 23.3 Å². The Morgan fingerprint density at radius 1 is 0.978 bits per heavy atom. The summed E-state index contributed by atoms with van der Waals surface area (Å²) in [6.07, 6.45) is 2.41. The molecule has 8 nitrogen and oxygen atoms in total. The number of rotatable bonds is 11. The molecule has 2 amide bonds. The number of fused-ring (bicyclic) bond motifs is 2. The Morgan fingerprint density at radius 2 is 1.72 bits per heavy atom. The van der Waals surface area contributed by atoms with Crippen molar-refractivity contribution in [2.75, 3.05) is 19.5 Å². The third-order valence-electron chi connectivity index (χ3n) is 8.59. The Morgan fingerprint density at radius 3 is 2.41 bits per heavy atom. The van der Waals surface area contributed by atoms with E-state index in [0.717, 1.165) is 18.9 Å². The van der Waals surface area contributed by atoms with Crippen LogP contribution in [-0.2, 0) is 16.0 Å². The molecule has 4 atom stereocenters. The van der Waals surface area contributed by atoms with Crippen LogP contribution in [0.1, 0.15) is 41.6 Å². The number of carboxylic acids is 1. The highest BCUT2D eigenvalue weighted by Gasteiger charge is 2.51. The second-order valence-electron chi connectivity index (χ2n) is 11.4. The Hall–Kier alpha value is -4.26. The van der Waals surface area contributed by atoms with Gasteiger partial charge >= 0.3 is 11.5 Å². The Kier molecular flexibility index (Phi) is 9.80. The van der Waals surface area contributed by atoms with Crippen molar-refractivity contribution < 1.29 is 46.5 Å². The molecule has 2 bridgehead atoms. The number of aryl methyl sites for hydroxylation is 1. The molecule has 2 fully saturated rings. The first-order chi connectivity index (χ1) is 21.9. The zero-order valence-electron chi connectivity index (χ0n) is 24.9. The van der Waals surface area contributed by atoms with E-state index in [1.165, 1.54) is 44.6 Å². The zero-order chi connectivity index (χ0) is 33.2. The van der Waals surface area contributed by atoms with Crippen molar-refractivity contribution in [3.8, 4) is 22.6 Å². The van der Waals surface area contributed by atoms with Crippen molar-refractivity contribution in [2.45, 2.75) is 48.5 Å². The maximum absolute atomic E-state index is 15.3. The number of ether oxygens (including phenoxy) is 2. The highest BCUT2D eigenvalue weighted by Crippen LogP contribution is 2.49. The minimum absolute atomic E-state index is 0.00747. The summed E-state index contributed by atoms with van der Waals surface area (Å²) >= 11 is -0.273. The van der Waals surface area contributed by atoms with Crippen molar-refractivity contribution in [1.82, 2.24) is 5.32 Å². The van der Waals surface area contributed by atoms with E-state index >= 15 is 4.39 Å². The molecule has 0 aliphatic heterocycles. The summed E-state index contributed by atoms with van der Waals surface area (Å²) in [6, 6.07) is 12.3. The van der Waals surface area contributed by atoms with Gasteiger partial charge in [-0.25, -0.2) is 4.39 Å². The molecule has 13 heteroatoms. The molecule has 0 saturated heterocycles. The number of carboxylic acid groups (broad SMARTS) is 1. The van der Waals surface area contributed by atoms with E-state index in [4.69, 9.17) is 14.6 Å². The second-order valence-corrected chi connectivity index (χ2v) is 12.5. The molecule has 0 aromatic heterocycles. The molecule has 0 spiro atoms. The van der Waals surface area contributed by atoms with Gasteiger partial charge in [0.2, 0.25) is 5.91 Å². The van der Waals surface area contributed by atoms with Gasteiger partial charge in [-0.15, -0.1) is 0 Å². The Balaban J connectivity index is 1.38. The van der Waals surface area contributed by atoms with Gasteiger partial charge in [0.15, 0.2) is 0 Å². The highest BCUT2D eigenvalue weighted by atomic mass is 32.2. The summed E-state index contributed by atoms with van der Waals surface area (Å²) in [6.45, 7) is 0. The quantitative estimate of drug-likeness (QED) is 0.151. The molecule has 2 aliphatic carbocycles. The maximum Gasteiger partial charge on any atom is 0.446 e. The number of thioether (sulfide) groups is 1. The minimum Gasteiger partial charge on any atom is -0.496 e. The zero-order valence-corrected chi connectivity index (χ0v) is 25.8. The summed E-state index contributed by atoms with van der Waals surface area (Å²) in [7, 11) is 2.73. The number of amides is 2. The number of hydrogen-bond acceptors (Lipinski definition) is 6. The number of benzene rings is 3. The van der Waals surface area contributed by atoms with Gasteiger partial charge in [0, 0.05) is 34.7 Å². The lowest BCUT2D eigenvalue weighted by atomic mass is 9.83. The number of anilines is 1. The van der Waals surface area contributed by atoms with Gasteiger partial charge in [-0.3, -0.25) is 14.4 Å². The smallest absolute Gasteiger partial charge is 0.446 e. The van der Waals surface area contributed by atoms with E-state index in [-0.39, 0.29) is 63.9 Å². The van der Waals surface area contributed by atoms with Crippen LogP contribution in [-0.4, -0.2) is 48.7 Å². The van der Waals surface area contributed by atoms with Crippen molar-refractivity contribution in [3.05, 3.63) is 71.5 Å². The summed E-state index contributed by atoms with van der Waals surface area (Å²) < 4.78 is 64.7. The molecule has 3 N–H and O–H groups in total. The van der Waals surface area contributed by atoms with E-state index in [1.807, 2.05) is 0 Å². The first-order valence-corrected chi connectivity index (χ1v) is 15.4. The number of alkyl halides is 3. The van der Waals surface area contributed by atoms with Crippen molar-refractivity contribution in [3.63, 3.8) is 0 Å². The number of carbonyl (C=O) groups excluding carboxylic acids is 2.